The van der Waals surface area contributed by atoms with Crippen LogP contribution in [0.15, 0.2) is 47.4 Å². The smallest absolute Gasteiger partial charge is 0.207 e. The number of sulfonamides is 1. The minimum Gasteiger partial charge on any atom is -0.207 e. The number of benzene rings is 2. The van der Waals surface area contributed by atoms with Gasteiger partial charge in [0.15, 0.2) is 0 Å². The van der Waals surface area contributed by atoms with E-state index < -0.39 is 10.0 Å². The van der Waals surface area contributed by atoms with Gasteiger partial charge in [0.05, 0.1) is 10.9 Å². The van der Waals surface area contributed by atoms with Crippen molar-refractivity contribution >= 4 is 10.0 Å². The van der Waals surface area contributed by atoms with E-state index in [-0.39, 0.29) is 11.9 Å². The van der Waals surface area contributed by atoms with Gasteiger partial charge in [0.1, 0.15) is 5.82 Å². The van der Waals surface area contributed by atoms with E-state index in [2.05, 4.69) is 0 Å². The first-order valence-electron chi connectivity index (χ1n) is 8.45. The molecule has 2 aliphatic rings. The van der Waals surface area contributed by atoms with Gasteiger partial charge in [0, 0.05) is 6.54 Å². The van der Waals surface area contributed by atoms with Crippen molar-refractivity contribution in [1.29, 1.82) is 0 Å². The van der Waals surface area contributed by atoms with Gasteiger partial charge in [0.25, 0.3) is 0 Å². The Bertz CT molecular complexity index is 861. The lowest BCUT2D eigenvalue weighted by molar-refractivity contribution is 0.396. The quantitative estimate of drug-likeness (QED) is 0.847. The molecule has 1 aliphatic heterocycles. The minimum absolute atomic E-state index is 0.205. The summed E-state index contributed by atoms with van der Waals surface area (Å²) in [6.07, 6.45) is 4.69. The zero-order chi connectivity index (χ0) is 16.7. The van der Waals surface area contributed by atoms with Crippen LogP contribution in [-0.4, -0.2) is 19.3 Å². The standard InChI is InChI=1S/C19H20FNO2S/c20-17-9-6-15(7-10-17)19-5-2-12-21(19)24(22,23)18-11-8-14-3-1-4-16(14)13-18/h6-11,13,19H,1-5,12H2/t19-/m0/s1. The molecule has 1 aliphatic carbocycles. The molecule has 126 valence electrons. The summed E-state index contributed by atoms with van der Waals surface area (Å²) in [4.78, 5) is 0.386. The van der Waals surface area contributed by atoms with Crippen molar-refractivity contribution < 1.29 is 12.8 Å². The first kappa shape index (κ1) is 15.8. The van der Waals surface area contributed by atoms with Crippen molar-refractivity contribution in [1.82, 2.24) is 4.31 Å². The normalized spacial score (nSPS) is 21.1. The van der Waals surface area contributed by atoms with Gasteiger partial charge in [-0.15, -0.1) is 0 Å². The second-order valence-electron chi connectivity index (χ2n) is 6.61. The fraction of sp³-hybridized carbons (Fsp3) is 0.368. The van der Waals surface area contributed by atoms with Crippen molar-refractivity contribution in [2.24, 2.45) is 0 Å². The van der Waals surface area contributed by atoms with Gasteiger partial charge in [0.2, 0.25) is 10.0 Å². The van der Waals surface area contributed by atoms with E-state index in [1.807, 2.05) is 12.1 Å². The molecule has 4 rings (SSSR count). The predicted octanol–water partition coefficient (Wildman–Crippen LogP) is 3.84. The molecule has 0 N–H and O–H groups in total. The van der Waals surface area contributed by atoms with E-state index in [9.17, 15) is 12.8 Å². The molecule has 1 saturated heterocycles. The van der Waals surface area contributed by atoms with Crippen molar-refractivity contribution in [2.75, 3.05) is 6.54 Å². The molecule has 0 aromatic heterocycles. The molecule has 2 aromatic carbocycles. The lowest BCUT2D eigenvalue weighted by Crippen LogP contribution is -2.30. The highest BCUT2D eigenvalue weighted by atomic mass is 32.2. The van der Waals surface area contributed by atoms with Crippen LogP contribution in [0.25, 0.3) is 0 Å². The van der Waals surface area contributed by atoms with Gasteiger partial charge in [-0.2, -0.15) is 4.31 Å². The van der Waals surface area contributed by atoms with Gasteiger partial charge < -0.3 is 0 Å². The van der Waals surface area contributed by atoms with Gasteiger partial charge in [-0.05, 0) is 73.1 Å². The number of halogens is 1. The third-order valence-electron chi connectivity index (χ3n) is 5.14. The maximum Gasteiger partial charge on any atom is 0.243 e. The molecule has 0 unspecified atom stereocenters. The molecule has 5 heteroatoms. The highest BCUT2D eigenvalue weighted by Gasteiger charge is 2.36. The molecule has 0 spiro atoms. The number of aryl methyl sites for hydroxylation is 2. The fourth-order valence-electron chi connectivity index (χ4n) is 3.89. The van der Waals surface area contributed by atoms with E-state index in [1.165, 1.54) is 17.7 Å². The Morgan fingerprint density at radius 3 is 2.50 bits per heavy atom. The van der Waals surface area contributed by atoms with E-state index in [0.29, 0.717) is 11.4 Å². The van der Waals surface area contributed by atoms with Gasteiger partial charge in [-0.3, -0.25) is 0 Å². The molecule has 1 atom stereocenters. The minimum atomic E-state index is -3.53. The van der Waals surface area contributed by atoms with Crippen LogP contribution in [0.1, 0.15) is 42.0 Å². The average molecular weight is 345 g/mol. The molecule has 0 amide bonds. The second-order valence-corrected chi connectivity index (χ2v) is 8.50. The van der Waals surface area contributed by atoms with Crippen molar-refractivity contribution in [3.05, 3.63) is 65.0 Å². The Labute approximate surface area is 142 Å². The van der Waals surface area contributed by atoms with Crippen LogP contribution in [0.4, 0.5) is 4.39 Å². The van der Waals surface area contributed by atoms with Crippen LogP contribution in [0, 0.1) is 5.82 Å². The topological polar surface area (TPSA) is 37.4 Å². The molecule has 0 saturated carbocycles. The maximum absolute atomic E-state index is 13.2. The van der Waals surface area contributed by atoms with E-state index in [4.69, 9.17) is 0 Å². The molecule has 3 nitrogen and oxygen atoms in total. The molecule has 0 bridgehead atoms. The monoisotopic (exact) mass is 345 g/mol. The van der Waals surface area contributed by atoms with Gasteiger partial charge in [-0.25, -0.2) is 12.8 Å². The molecule has 24 heavy (non-hydrogen) atoms. The number of fused-ring (bicyclic) bond motifs is 1. The Kier molecular flexibility index (Phi) is 3.93. The third kappa shape index (κ3) is 2.66. The van der Waals surface area contributed by atoms with E-state index in [0.717, 1.165) is 43.2 Å². The largest absolute Gasteiger partial charge is 0.243 e. The van der Waals surface area contributed by atoms with Crippen LogP contribution in [0.2, 0.25) is 0 Å². The van der Waals surface area contributed by atoms with E-state index >= 15 is 0 Å². The van der Waals surface area contributed by atoms with Crippen LogP contribution in [-0.2, 0) is 22.9 Å². The maximum atomic E-state index is 13.2. The summed E-state index contributed by atoms with van der Waals surface area (Å²) in [5.41, 5.74) is 3.29. The first-order valence-corrected chi connectivity index (χ1v) is 9.89. The Morgan fingerprint density at radius 2 is 1.71 bits per heavy atom. The predicted molar refractivity (Wildman–Crippen MR) is 90.7 cm³/mol. The van der Waals surface area contributed by atoms with Crippen molar-refractivity contribution in [3.63, 3.8) is 0 Å². The molecule has 0 radical (unpaired) electrons. The SMILES string of the molecule is O=S(=O)(c1ccc2c(c1)CCC2)N1CCC[C@H]1c1ccc(F)cc1. The highest BCUT2D eigenvalue weighted by Crippen LogP contribution is 2.37. The fourth-order valence-corrected chi connectivity index (χ4v) is 5.62. The number of rotatable bonds is 3. The van der Waals surface area contributed by atoms with Gasteiger partial charge >= 0.3 is 0 Å². The Morgan fingerprint density at radius 1 is 0.958 bits per heavy atom. The van der Waals surface area contributed by atoms with Crippen LogP contribution in [0.5, 0.6) is 0 Å². The summed E-state index contributed by atoms with van der Waals surface area (Å²) < 4.78 is 41.0. The summed E-state index contributed by atoms with van der Waals surface area (Å²) in [6.45, 7) is 0.515. The molecule has 1 heterocycles. The van der Waals surface area contributed by atoms with Crippen molar-refractivity contribution in [3.8, 4) is 0 Å². The molecular formula is C19H20FNO2S. The zero-order valence-corrected chi connectivity index (χ0v) is 14.2. The summed E-state index contributed by atoms with van der Waals surface area (Å²) in [5, 5.41) is 0. The van der Waals surface area contributed by atoms with Crippen molar-refractivity contribution in [2.45, 2.75) is 43.0 Å². The molecule has 1 fully saturated rings. The summed E-state index contributed by atoms with van der Waals surface area (Å²) in [7, 11) is -3.53. The molecular weight excluding hydrogens is 325 g/mol. The van der Waals surface area contributed by atoms with E-state index in [1.54, 1.807) is 22.5 Å². The first-order chi connectivity index (χ1) is 11.6. The number of nitrogens with zero attached hydrogens (tertiary/aromatic N) is 1. The zero-order valence-electron chi connectivity index (χ0n) is 13.4. The summed E-state index contributed by atoms with van der Waals surface area (Å²) >= 11 is 0. The third-order valence-corrected chi connectivity index (χ3v) is 7.04. The van der Waals surface area contributed by atoms with Crippen LogP contribution in [0.3, 0.4) is 0 Å². The number of hydrogen-bond donors (Lipinski definition) is 0. The lowest BCUT2D eigenvalue weighted by atomic mass is 10.1. The Balaban J connectivity index is 1.69. The van der Waals surface area contributed by atoms with Crippen LogP contribution < -0.4 is 0 Å². The van der Waals surface area contributed by atoms with Crippen LogP contribution >= 0.6 is 0 Å². The second kappa shape index (κ2) is 5.97. The highest BCUT2D eigenvalue weighted by molar-refractivity contribution is 7.89. The summed E-state index contributed by atoms with van der Waals surface area (Å²) in [5.74, 6) is -0.301. The lowest BCUT2D eigenvalue weighted by Gasteiger charge is -2.24. The summed E-state index contributed by atoms with van der Waals surface area (Å²) in [6, 6.07) is 11.5. The molecule has 2 aromatic rings. The number of hydrogen-bond acceptors (Lipinski definition) is 2. The van der Waals surface area contributed by atoms with Gasteiger partial charge in [-0.1, -0.05) is 18.2 Å². The average Bonchev–Trinajstić information content (AvgIpc) is 3.24. The Hall–Kier alpha value is -1.72.